The zero-order chi connectivity index (χ0) is 17.3. The Hall–Kier alpha value is -3.15. The molecule has 0 bridgehead atoms. The Labute approximate surface area is 138 Å². The number of furan rings is 1. The minimum absolute atomic E-state index is 0.106. The van der Waals surface area contributed by atoms with E-state index in [4.69, 9.17) is 18.6 Å². The summed E-state index contributed by atoms with van der Waals surface area (Å²) in [6.07, 6.45) is 1.52. The Bertz CT molecular complexity index is 887. The van der Waals surface area contributed by atoms with Crippen molar-refractivity contribution in [3.05, 3.63) is 42.2 Å². The fraction of sp³-hybridized carbons (Fsp3) is 0.167. The van der Waals surface area contributed by atoms with Gasteiger partial charge in [0.2, 0.25) is 0 Å². The van der Waals surface area contributed by atoms with Crippen LogP contribution in [0, 0.1) is 0 Å². The topological polar surface area (TPSA) is 78.1 Å². The van der Waals surface area contributed by atoms with Crippen LogP contribution in [-0.2, 0) is 0 Å². The number of ether oxygens (including phenoxy) is 3. The molecule has 0 saturated carbocycles. The summed E-state index contributed by atoms with van der Waals surface area (Å²) in [5.41, 5.74) is 1.92. The molecule has 3 rings (SSSR count). The van der Waals surface area contributed by atoms with Gasteiger partial charge in [-0.2, -0.15) is 0 Å². The quantitative estimate of drug-likeness (QED) is 0.767. The Morgan fingerprint density at radius 1 is 0.917 bits per heavy atom. The molecule has 24 heavy (non-hydrogen) atoms. The van der Waals surface area contributed by atoms with Crippen molar-refractivity contribution in [2.45, 2.75) is 0 Å². The second kappa shape index (κ2) is 6.16. The SMILES string of the molecule is COc1cc(OC)cc(-c2coc3cc(OC)cc(C(=O)O)c23)c1. The van der Waals surface area contributed by atoms with Gasteiger partial charge in [0.25, 0.3) is 0 Å². The molecular formula is C18H16O6. The third-order valence-electron chi connectivity index (χ3n) is 3.78. The van der Waals surface area contributed by atoms with Crippen LogP contribution in [0.4, 0.5) is 0 Å². The minimum atomic E-state index is -1.06. The lowest BCUT2D eigenvalue weighted by Gasteiger charge is -2.09. The van der Waals surface area contributed by atoms with E-state index in [9.17, 15) is 9.90 Å². The van der Waals surface area contributed by atoms with Gasteiger partial charge in [-0.05, 0) is 23.8 Å². The van der Waals surface area contributed by atoms with Crippen LogP contribution in [0.25, 0.3) is 22.1 Å². The first-order valence-corrected chi connectivity index (χ1v) is 7.13. The molecule has 0 radical (unpaired) electrons. The van der Waals surface area contributed by atoms with E-state index >= 15 is 0 Å². The second-order valence-corrected chi connectivity index (χ2v) is 5.10. The molecule has 0 amide bonds. The summed E-state index contributed by atoms with van der Waals surface area (Å²) in [6, 6.07) is 8.46. The maximum Gasteiger partial charge on any atom is 0.336 e. The Kier molecular flexibility index (Phi) is 4.04. The molecule has 0 aliphatic heterocycles. The van der Waals surface area contributed by atoms with E-state index < -0.39 is 5.97 Å². The fourth-order valence-corrected chi connectivity index (χ4v) is 2.60. The number of carboxylic acids is 1. The highest BCUT2D eigenvalue weighted by atomic mass is 16.5. The van der Waals surface area contributed by atoms with Gasteiger partial charge in [0.05, 0.1) is 33.2 Å². The van der Waals surface area contributed by atoms with Crippen LogP contribution < -0.4 is 14.2 Å². The standard InChI is InChI=1S/C18H16O6/c1-21-11-4-10(5-12(6-11)22-2)15-9-24-16-8-13(23-3)7-14(17(15)16)18(19)20/h4-9H,1-3H3,(H,19,20). The average molecular weight is 328 g/mol. The molecule has 0 aliphatic carbocycles. The highest BCUT2D eigenvalue weighted by Crippen LogP contribution is 2.38. The van der Waals surface area contributed by atoms with Gasteiger partial charge in [-0.3, -0.25) is 0 Å². The van der Waals surface area contributed by atoms with E-state index in [0.29, 0.717) is 33.8 Å². The van der Waals surface area contributed by atoms with Gasteiger partial charge in [-0.15, -0.1) is 0 Å². The molecule has 0 fully saturated rings. The number of hydrogen-bond acceptors (Lipinski definition) is 5. The summed E-state index contributed by atoms with van der Waals surface area (Å²) in [6.45, 7) is 0. The largest absolute Gasteiger partial charge is 0.497 e. The van der Waals surface area contributed by atoms with Crippen molar-refractivity contribution in [1.29, 1.82) is 0 Å². The summed E-state index contributed by atoms with van der Waals surface area (Å²) >= 11 is 0. The summed E-state index contributed by atoms with van der Waals surface area (Å²) < 4.78 is 21.2. The summed E-state index contributed by atoms with van der Waals surface area (Å²) in [7, 11) is 4.59. The number of benzene rings is 2. The molecule has 0 aliphatic rings. The Balaban J connectivity index is 2.29. The van der Waals surface area contributed by atoms with Crippen LogP contribution in [0.5, 0.6) is 17.2 Å². The van der Waals surface area contributed by atoms with Gasteiger partial charge in [-0.25, -0.2) is 4.79 Å². The average Bonchev–Trinajstić information content (AvgIpc) is 3.03. The first-order valence-electron chi connectivity index (χ1n) is 7.13. The van der Waals surface area contributed by atoms with Crippen molar-refractivity contribution in [2.24, 2.45) is 0 Å². The summed E-state index contributed by atoms with van der Waals surface area (Å²) in [4.78, 5) is 11.7. The summed E-state index contributed by atoms with van der Waals surface area (Å²) in [5, 5.41) is 10.0. The van der Waals surface area contributed by atoms with E-state index in [0.717, 1.165) is 5.56 Å². The number of methoxy groups -OCH3 is 3. The monoisotopic (exact) mass is 328 g/mol. The zero-order valence-corrected chi connectivity index (χ0v) is 13.5. The highest BCUT2D eigenvalue weighted by molar-refractivity contribution is 6.09. The molecule has 0 saturated heterocycles. The number of rotatable bonds is 5. The maximum absolute atomic E-state index is 11.7. The molecule has 2 aromatic carbocycles. The lowest BCUT2D eigenvalue weighted by Crippen LogP contribution is -1.98. The molecule has 6 nitrogen and oxygen atoms in total. The van der Waals surface area contributed by atoms with Crippen molar-refractivity contribution in [2.75, 3.05) is 21.3 Å². The molecule has 124 valence electrons. The fourth-order valence-electron chi connectivity index (χ4n) is 2.60. The lowest BCUT2D eigenvalue weighted by molar-refractivity contribution is 0.0698. The maximum atomic E-state index is 11.7. The van der Waals surface area contributed by atoms with Crippen molar-refractivity contribution in [3.63, 3.8) is 0 Å². The highest BCUT2D eigenvalue weighted by Gasteiger charge is 2.19. The van der Waals surface area contributed by atoms with Gasteiger partial charge in [0.15, 0.2) is 0 Å². The smallest absolute Gasteiger partial charge is 0.336 e. The van der Waals surface area contributed by atoms with Gasteiger partial charge in [-0.1, -0.05) is 0 Å². The van der Waals surface area contributed by atoms with E-state index in [2.05, 4.69) is 0 Å². The van der Waals surface area contributed by atoms with Gasteiger partial charge in [0.1, 0.15) is 22.8 Å². The van der Waals surface area contributed by atoms with Crippen molar-refractivity contribution in [1.82, 2.24) is 0 Å². The third kappa shape index (κ3) is 2.62. The number of aromatic carboxylic acids is 1. The number of fused-ring (bicyclic) bond motifs is 1. The number of hydrogen-bond donors (Lipinski definition) is 1. The van der Waals surface area contributed by atoms with E-state index in [1.165, 1.54) is 19.4 Å². The zero-order valence-electron chi connectivity index (χ0n) is 13.5. The third-order valence-corrected chi connectivity index (χ3v) is 3.78. The van der Waals surface area contributed by atoms with Crippen LogP contribution in [0.2, 0.25) is 0 Å². The van der Waals surface area contributed by atoms with Crippen molar-refractivity contribution in [3.8, 4) is 28.4 Å². The van der Waals surface area contributed by atoms with Crippen LogP contribution in [-0.4, -0.2) is 32.4 Å². The molecule has 3 aromatic rings. The first-order chi connectivity index (χ1) is 11.6. The minimum Gasteiger partial charge on any atom is -0.497 e. The van der Waals surface area contributed by atoms with E-state index in [1.54, 1.807) is 38.5 Å². The Morgan fingerprint density at radius 3 is 2.04 bits per heavy atom. The molecule has 1 heterocycles. The predicted octanol–water partition coefficient (Wildman–Crippen LogP) is 3.82. The predicted molar refractivity (Wildman–Crippen MR) is 88.3 cm³/mol. The van der Waals surface area contributed by atoms with Gasteiger partial charge < -0.3 is 23.7 Å². The summed E-state index contributed by atoms with van der Waals surface area (Å²) in [5.74, 6) is 0.564. The van der Waals surface area contributed by atoms with Crippen molar-refractivity contribution >= 4 is 16.9 Å². The van der Waals surface area contributed by atoms with Crippen LogP contribution >= 0.6 is 0 Å². The molecule has 6 heteroatoms. The van der Waals surface area contributed by atoms with Gasteiger partial charge in [0, 0.05) is 23.1 Å². The molecular weight excluding hydrogens is 312 g/mol. The molecule has 1 aromatic heterocycles. The molecule has 0 spiro atoms. The van der Waals surface area contributed by atoms with Crippen LogP contribution in [0.15, 0.2) is 41.0 Å². The number of carboxylic acid groups (broad SMARTS) is 1. The first kappa shape index (κ1) is 15.7. The van der Waals surface area contributed by atoms with Gasteiger partial charge >= 0.3 is 5.97 Å². The number of carbonyl (C=O) groups is 1. The lowest BCUT2D eigenvalue weighted by atomic mass is 10.00. The second-order valence-electron chi connectivity index (χ2n) is 5.10. The molecule has 0 unspecified atom stereocenters. The van der Waals surface area contributed by atoms with Crippen LogP contribution in [0.1, 0.15) is 10.4 Å². The van der Waals surface area contributed by atoms with E-state index in [-0.39, 0.29) is 5.56 Å². The van der Waals surface area contributed by atoms with Crippen molar-refractivity contribution < 1.29 is 28.5 Å². The van der Waals surface area contributed by atoms with Crippen LogP contribution in [0.3, 0.4) is 0 Å². The molecule has 0 atom stereocenters. The van der Waals surface area contributed by atoms with E-state index in [1.807, 2.05) is 0 Å². The normalized spacial score (nSPS) is 10.6. The molecule has 1 N–H and O–H groups in total. The Morgan fingerprint density at radius 2 is 1.50 bits per heavy atom.